The number of hydrogen-bond donors (Lipinski definition) is 10. The number of phenolic OH excluding ortho intramolecular Hbond substituents is 1. The Hall–Kier alpha value is -6.45. The second-order valence-electron chi connectivity index (χ2n) is 15.6. The molecule has 0 saturated carbocycles. The number of fused-ring (bicyclic) bond motifs is 1. The molecule has 0 spiro atoms. The molecular weight excluding hydrogens is 886 g/mol. The number of H-pyrrole nitrogens is 1. The first-order chi connectivity index (χ1) is 31.2. The van der Waals surface area contributed by atoms with Crippen LogP contribution in [-0.2, 0) is 52.2 Å². The van der Waals surface area contributed by atoms with Crippen LogP contribution in [0.2, 0.25) is 0 Å². The quantitative estimate of drug-likeness (QED) is 0.0510. The fourth-order valence-corrected chi connectivity index (χ4v) is 6.96. The van der Waals surface area contributed by atoms with Crippen LogP contribution in [0.3, 0.4) is 0 Å². The molecule has 358 valence electrons. The molecule has 21 heteroatoms. The van der Waals surface area contributed by atoms with Crippen molar-refractivity contribution >= 4 is 63.3 Å². The molecule has 0 radical (unpaired) electrons. The summed E-state index contributed by atoms with van der Waals surface area (Å²) in [6.07, 6.45) is -2.01. The molecule has 17 nitrogen and oxygen atoms in total. The van der Waals surface area contributed by atoms with Crippen LogP contribution in [0.5, 0.6) is 5.75 Å². The minimum Gasteiger partial charge on any atom is -0.508 e. The lowest BCUT2D eigenvalue weighted by molar-refractivity contribution is -0.192. The van der Waals surface area contributed by atoms with E-state index in [1.165, 1.54) is 19.1 Å². The Labute approximate surface area is 383 Å². The van der Waals surface area contributed by atoms with Crippen molar-refractivity contribution in [3.8, 4) is 5.75 Å². The summed E-state index contributed by atoms with van der Waals surface area (Å²) in [4.78, 5) is 93.3. The van der Waals surface area contributed by atoms with Gasteiger partial charge in [0.05, 0.1) is 12.6 Å². The van der Waals surface area contributed by atoms with Crippen LogP contribution in [0, 0.1) is 5.92 Å². The highest BCUT2D eigenvalue weighted by Gasteiger charge is 2.38. The summed E-state index contributed by atoms with van der Waals surface area (Å²) in [7, 11) is 0. The summed E-state index contributed by atoms with van der Waals surface area (Å²) in [5.41, 5.74) is 14.6. The Bertz CT molecular complexity index is 2240. The van der Waals surface area contributed by atoms with Crippen LogP contribution in [0.15, 0.2) is 85.1 Å². The van der Waals surface area contributed by atoms with Crippen molar-refractivity contribution in [2.75, 3.05) is 13.1 Å². The van der Waals surface area contributed by atoms with E-state index in [0.29, 0.717) is 36.3 Å². The third kappa shape index (κ3) is 18.2. The Morgan fingerprint density at radius 1 is 0.712 bits per heavy atom. The predicted octanol–water partition coefficient (Wildman–Crippen LogP) is 2.94. The average molecular weight is 943 g/mol. The van der Waals surface area contributed by atoms with E-state index in [9.17, 15) is 47.0 Å². The number of carbonyl (C=O) groups excluding carboxylic acids is 6. The molecule has 5 atom stereocenters. The molecule has 1 aromatic heterocycles. The van der Waals surface area contributed by atoms with Gasteiger partial charge in [-0.05, 0) is 73.5 Å². The molecule has 5 amide bonds. The fourth-order valence-electron chi connectivity index (χ4n) is 6.26. The first-order valence-corrected chi connectivity index (χ1v) is 22.0. The van der Waals surface area contributed by atoms with Gasteiger partial charge in [0.1, 0.15) is 29.9 Å². The average Bonchev–Trinajstić information content (AvgIpc) is 3.68. The highest BCUT2D eigenvalue weighted by atomic mass is 32.2. The summed E-state index contributed by atoms with van der Waals surface area (Å²) < 4.78 is 31.7. The number of carboxylic acid groups (broad SMARTS) is 1. The van der Waals surface area contributed by atoms with Gasteiger partial charge in [-0.25, -0.2) is 4.79 Å². The molecule has 1 heterocycles. The van der Waals surface area contributed by atoms with Gasteiger partial charge in [0.25, 0.3) is 0 Å². The van der Waals surface area contributed by atoms with Crippen LogP contribution in [0.1, 0.15) is 56.7 Å². The lowest BCUT2D eigenvalue weighted by Crippen LogP contribution is -2.60. The third-order valence-electron chi connectivity index (χ3n) is 9.87. The smallest absolute Gasteiger partial charge is 0.490 e. The maximum Gasteiger partial charge on any atom is 0.490 e. The number of nitrogens with two attached hydrogens (primary N) is 2. The van der Waals surface area contributed by atoms with Crippen molar-refractivity contribution in [3.63, 3.8) is 0 Å². The number of aliphatic carboxylic acids is 1. The zero-order valence-electron chi connectivity index (χ0n) is 36.7. The number of halogens is 3. The number of unbranched alkanes of at least 4 members (excludes halogenated alkanes) is 1. The van der Waals surface area contributed by atoms with E-state index in [0.717, 1.165) is 28.2 Å². The predicted molar refractivity (Wildman–Crippen MR) is 242 cm³/mol. The summed E-state index contributed by atoms with van der Waals surface area (Å²) in [6, 6.07) is 17.5. The lowest BCUT2D eigenvalue weighted by Gasteiger charge is -2.28. The number of hydrogen-bond acceptors (Lipinski definition) is 11. The number of aromatic nitrogens is 1. The SMILES string of the molecule is CC(C)[C@H](NC(=O)[C@H](Cc1ccc(O)cc1)NC(=O)[C@H](Cc1c[nH]c2ccccc12)NC(=O)[C@H](CCCCN)NC(=O)[C@H](C)N)C(=O)NCC(=O)SCc1ccccc1.O=C(O)C(F)(F)F. The van der Waals surface area contributed by atoms with Gasteiger partial charge in [0.2, 0.25) is 34.7 Å². The van der Waals surface area contributed by atoms with Crippen molar-refractivity contribution < 1.29 is 56.9 Å². The van der Waals surface area contributed by atoms with E-state index in [2.05, 4.69) is 31.6 Å². The first kappa shape index (κ1) is 53.9. The van der Waals surface area contributed by atoms with E-state index in [1.54, 1.807) is 32.2 Å². The van der Waals surface area contributed by atoms with Gasteiger partial charge >= 0.3 is 12.1 Å². The maximum absolute atomic E-state index is 14.4. The second kappa shape index (κ2) is 26.5. The molecule has 0 aliphatic rings. The normalized spacial score (nSPS) is 13.5. The third-order valence-corrected chi connectivity index (χ3v) is 10.8. The zero-order chi connectivity index (χ0) is 49.0. The fraction of sp³-hybridized carbons (Fsp3) is 0.400. The molecule has 0 aliphatic carbocycles. The number of rotatable bonds is 22. The Balaban J connectivity index is 0.00000152. The largest absolute Gasteiger partial charge is 0.508 e. The number of aromatic amines is 1. The maximum atomic E-state index is 14.4. The summed E-state index contributed by atoms with van der Waals surface area (Å²) in [6.45, 7) is 5.11. The minimum absolute atomic E-state index is 0.00505. The van der Waals surface area contributed by atoms with E-state index in [4.69, 9.17) is 21.4 Å². The molecule has 3 aromatic carbocycles. The van der Waals surface area contributed by atoms with Gasteiger partial charge in [-0.2, -0.15) is 13.2 Å². The number of aromatic hydroxyl groups is 1. The topological polar surface area (TPSA) is 288 Å². The van der Waals surface area contributed by atoms with Crippen LogP contribution in [0.25, 0.3) is 10.9 Å². The second-order valence-corrected chi connectivity index (χ2v) is 16.6. The van der Waals surface area contributed by atoms with Crippen molar-refractivity contribution in [2.24, 2.45) is 17.4 Å². The van der Waals surface area contributed by atoms with Gasteiger partial charge in [0, 0.05) is 35.7 Å². The number of amides is 5. The van der Waals surface area contributed by atoms with Crippen LogP contribution in [-0.4, -0.2) is 105 Å². The van der Waals surface area contributed by atoms with Gasteiger partial charge in [0.15, 0.2) is 0 Å². The van der Waals surface area contributed by atoms with Gasteiger partial charge in [-0.15, -0.1) is 0 Å². The molecule has 0 unspecified atom stereocenters. The van der Waals surface area contributed by atoms with Crippen molar-refractivity contribution in [1.29, 1.82) is 0 Å². The number of thioether (sulfide) groups is 1. The molecule has 0 fully saturated rings. The Kier molecular flexibility index (Phi) is 21.6. The Morgan fingerprint density at radius 2 is 1.27 bits per heavy atom. The summed E-state index contributed by atoms with van der Waals surface area (Å²) in [5.74, 6) is -5.85. The number of phenols is 1. The molecule has 66 heavy (non-hydrogen) atoms. The molecule has 4 rings (SSSR count). The van der Waals surface area contributed by atoms with Crippen LogP contribution in [0.4, 0.5) is 13.2 Å². The van der Waals surface area contributed by atoms with E-state index < -0.39 is 77.8 Å². The molecule has 12 N–H and O–H groups in total. The van der Waals surface area contributed by atoms with Gasteiger partial charge in [-0.1, -0.05) is 86.3 Å². The van der Waals surface area contributed by atoms with Crippen LogP contribution >= 0.6 is 11.8 Å². The monoisotopic (exact) mass is 942 g/mol. The number of para-hydroxylation sites is 1. The molecule has 0 bridgehead atoms. The number of carbonyl (C=O) groups is 7. The highest BCUT2D eigenvalue weighted by molar-refractivity contribution is 8.13. The molecular formula is C45H57F3N8O9S. The zero-order valence-corrected chi connectivity index (χ0v) is 37.5. The highest BCUT2D eigenvalue weighted by Crippen LogP contribution is 2.20. The summed E-state index contributed by atoms with van der Waals surface area (Å²) >= 11 is 1.07. The van der Waals surface area contributed by atoms with Crippen molar-refractivity contribution in [2.45, 2.75) is 95.0 Å². The minimum atomic E-state index is -5.08. The van der Waals surface area contributed by atoms with E-state index >= 15 is 0 Å². The molecule has 0 saturated heterocycles. The first-order valence-electron chi connectivity index (χ1n) is 21.0. The summed E-state index contributed by atoms with van der Waals surface area (Å²) in [5, 5.41) is 31.3. The molecule has 4 aromatic rings. The van der Waals surface area contributed by atoms with Crippen molar-refractivity contribution in [3.05, 3.63) is 102 Å². The number of nitrogens with one attached hydrogen (secondary N) is 6. The number of alkyl halides is 3. The van der Waals surface area contributed by atoms with E-state index in [-0.39, 0.29) is 36.7 Å². The van der Waals surface area contributed by atoms with Crippen molar-refractivity contribution in [1.82, 2.24) is 31.6 Å². The standard InChI is InChI=1S/C43H56N8O7S.C2HF3O2/c1-26(2)38(43(58)47-24-37(53)59-25-29-11-5-4-6-12-29)51-42(57)35(21-28-16-18-31(52)19-17-28)49-41(56)36(22-30-23-46-33-14-8-7-13-32(30)33)50-40(55)34(15-9-10-20-44)48-39(54)27(3)45;3-2(4,5)1(6)7/h4-8,11-14,16-19,23,26-27,34-36,38,46,52H,9-10,15,20-22,24-25,44-45H2,1-3H3,(H,47,58)(H,48,54)(H,49,56)(H,50,55)(H,51,57);(H,6,7)/t27-,34-,35-,36-,38-;/m0./s1. The Morgan fingerprint density at radius 3 is 1.86 bits per heavy atom. The lowest BCUT2D eigenvalue weighted by atomic mass is 9.99. The van der Waals surface area contributed by atoms with Gasteiger partial charge < -0.3 is 53.2 Å². The molecule has 0 aliphatic heterocycles. The van der Waals surface area contributed by atoms with Gasteiger partial charge in [-0.3, -0.25) is 28.8 Å². The number of benzene rings is 3. The van der Waals surface area contributed by atoms with E-state index in [1.807, 2.05) is 54.6 Å². The van der Waals surface area contributed by atoms with Crippen LogP contribution < -0.4 is 38.1 Å². The number of carboxylic acids is 1.